The summed E-state index contributed by atoms with van der Waals surface area (Å²) in [6.07, 6.45) is 2.63. The molecule has 0 aromatic heterocycles. The predicted octanol–water partition coefficient (Wildman–Crippen LogP) is 2.76. The van der Waals surface area contributed by atoms with Crippen molar-refractivity contribution in [3.8, 4) is 0 Å². The van der Waals surface area contributed by atoms with E-state index in [1.165, 1.54) is 16.4 Å². The fourth-order valence-corrected chi connectivity index (χ4v) is 4.39. The fraction of sp³-hybridized carbons (Fsp3) is 0.571. The Morgan fingerprint density at radius 2 is 1.95 bits per heavy atom. The van der Waals surface area contributed by atoms with Crippen molar-refractivity contribution in [2.24, 2.45) is 0 Å². The SMILES string of the molecule is CCNCc1cc(Cl)cc(S(=O)(=O)N2CCCCC2)c1F. The molecule has 0 spiro atoms. The van der Waals surface area contributed by atoms with Crippen molar-refractivity contribution >= 4 is 21.6 Å². The Morgan fingerprint density at radius 1 is 1.29 bits per heavy atom. The van der Waals surface area contributed by atoms with Gasteiger partial charge in [-0.3, -0.25) is 0 Å². The van der Waals surface area contributed by atoms with Crippen LogP contribution in [0, 0.1) is 5.82 Å². The maximum atomic E-state index is 14.5. The summed E-state index contributed by atoms with van der Waals surface area (Å²) in [6.45, 7) is 3.70. The Labute approximate surface area is 130 Å². The van der Waals surface area contributed by atoms with Crippen molar-refractivity contribution in [2.45, 2.75) is 37.6 Å². The number of hydrogen-bond donors (Lipinski definition) is 1. The molecule has 0 aliphatic carbocycles. The maximum absolute atomic E-state index is 14.5. The lowest BCUT2D eigenvalue weighted by molar-refractivity contribution is 0.345. The standard InChI is InChI=1S/C14H20ClFN2O2S/c1-2-17-10-11-8-12(15)9-13(14(11)16)21(19,20)18-6-4-3-5-7-18/h8-9,17H,2-7,10H2,1H3. The van der Waals surface area contributed by atoms with Crippen LogP contribution in [0.4, 0.5) is 4.39 Å². The summed E-state index contributed by atoms with van der Waals surface area (Å²) >= 11 is 5.97. The minimum atomic E-state index is -3.82. The Hall–Kier alpha value is -0.690. The zero-order valence-corrected chi connectivity index (χ0v) is 13.6. The van der Waals surface area contributed by atoms with Crippen LogP contribution in [0.2, 0.25) is 5.02 Å². The number of piperidine rings is 1. The Kier molecular flexibility index (Phi) is 5.60. The molecule has 1 aliphatic heterocycles. The summed E-state index contributed by atoms with van der Waals surface area (Å²) in [5.74, 6) is -0.703. The third kappa shape index (κ3) is 3.74. The number of sulfonamides is 1. The molecule has 0 unspecified atom stereocenters. The summed E-state index contributed by atoms with van der Waals surface area (Å²) < 4.78 is 41.1. The minimum Gasteiger partial charge on any atom is -0.313 e. The zero-order valence-electron chi connectivity index (χ0n) is 12.0. The van der Waals surface area contributed by atoms with E-state index in [0.29, 0.717) is 19.6 Å². The van der Waals surface area contributed by atoms with Crippen LogP contribution >= 0.6 is 11.6 Å². The second-order valence-electron chi connectivity index (χ2n) is 5.12. The molecule has 4 nitrogen and oxygen atoms in total. The lowest BCUT2D eigenvalue weighted by Gasteiger charge is -2.26. The van der Waals surface area contributed by atoms with Crippen LogP contribution in [0.1, 0.15) is 31.7 Å². The molecule has 1 heterocycles. The molecule has 1 fully saturated rings. The van der Waals surface area contributed by atoms with E-state index in [1.54, 1.807) is 0 Å². The van der Waals surface area contributed by atoms with Crippen LogP contribution in [-0.4, -0.2) is 32.4 Å². The molecule has 0 radical (unpaired) electrons. The molecule has 2 rings (SSSR count). The molecule has 0 bridgehead atoms. The summed E-state index contributed by atoms with van der Waals surface area (Å²) in [5, 5.41) is 3.22. The molecule has 0 atom stereocenters. The van der Waals surface area contributed by atoms with E-state index >= 15 is 0 Å². The first-order valence-corrected chi connectivity index (χ1v) is 8.97. The van der Waals surface area contributed by atoms with Crippen molar-refractivity contribution < 1.29 is 12.8 Å². The van der Waals surface area contributed by atoms with Crippen LogP contribution < -0.4 is 5.32 Å². The zero-order chi connectivity index (χ0) is 15.5. The second-order valence-corrected chi connectivity index (χ2v) is 7.46. The highest BCUT2D eigenvalue weighted by Gasteiger charge is 2.30. The second kappa shape index (κ2) is 7.05. The Balaban J connectivity index is 2.39. The molecule has 0 saturated carbocycles. The normalized spacial score (nSPS) is 17.1. The molecule has 1 saturated heterocycles. The Bertz CT molecular complexity index is 601. The van der Waals surface area contributed by atoms with E-state index in [9.17, 15) is 12.8 Å². The maximum Gasteiger partial charge on any atom is 0.246 e. The van der Waals surface area contributed by atoms with E-state index in [-0.39, 0.29) is 22.0 Å². The molecule has 7 heteroatoms. The Morgan fingerprint density at radius 3 is 2.57 bits per heavy atom. The van der Waals surface area contributed by atoms with Gasteiger partial charge in [0, 0.05) is 30.2 Å². The molecule has 21 heavy (non-hydrogen) atoms. The quantitative estimate of drug-likeness (QED) is 0.900. The highest BCUT2D eigenvalue weighted by molar-refractivity contribution is 7.89. The molecule has 1 aromatic carbocycles. The van der Waals surface area contributed by atoms with E-state index in [0.717, 1.165) is 19.3 Å². The van der Waals surface area contributed by atoms with Gasteiger partial charge in [-0.1, -0.05) is 24.9 Å². The largest absolute Gasteiger partial charge is 0.313 e. The van der Waals surface area contributed by atoms with Gasteiger partial charge in [0.15, 0.2) is 0 Å². The van der Waals surface area contributed by atoms with Gasteiger partial charge in [-0.15, -0.1) is 0 Å². The highest BCUT2D eigenvalue weighted by atomic mass is 35.5. The van der Waals surface area contributed by atoms with Crippen LogP contribution in [0.25, 0.3) is 0 Å². The molecule has 1 aliphatic rings. The van der Waals surface area contributed by atoms with Gasteiger partial charge >= 0.3 is 0 Å². The van der Waals surface area contributed by atoms with Crippen LogP contribution in [0.15, 0.2) is 17.0 Å². The lowest BCUT2D eigenvalue weighted by atomic mass is 10.2. The predicted molar refractivity (Wildman–Crippen MR) is 81.4 cm³/mol. The van der Waals surface area contributed by atoms with Gasteiger partial charge < -0.3 is 5.32 Å². The highest BCUT2D eigenvalue weighted by Crippen LogP contribution is 2.28. The van der Waals surface area contributed by atoms with Crippen LogP contribution in [0.5, 0.6) is 0 Å². The van der Waals surface area contributed by atoms with Crippen LogP contribution in [-0.2, 0) is 16.6 Å². The van der Waals surface area contributed by atoms with Gasteiger partial charge in [0.1, 0.15) is 10.7 Å². The fourth-order valence-electron chi connectivity index (χ4n) is 2.44. The average Bonchev–Trinajstić information content (AvgIpc) is 2.48. The minimum absolute atomic E-state index is 0.236. The van der Waals surface area contributed by atoms with Gasteiger partial charge in [-0.05, 0) is 31.5 Å². The first kappa shape index (κ1) is 16.7. The van der Waals surface area contributed by atoms with Crippen molar-refractivity contribution in [1.82, 2.24) is 9.62 Å². The summed E-state index contributed by atoms with van der Waals surface area (Å²) in [6, 6.07) is 2.67. The van der Waals surface area contributed by atoms with Crippen molar-refractivity contribution in [3.05, 3.63) is 28.5 Å². The topological polar surface area (TPSA) is 49.4 Å². The molecular formula is C14H20ClFN2O2S. The van der Waals surface area contributed by atoms with E-state index in [4.69, 9.17) is 11.6 Å². The smallest absolute Gasteiger partial charge is 0.246 e. The summed E-state index contributed by atoms with van der Waals surface area (Å²) in [4.78, 5) is -0.315. The number of halogens is 2. The number of nitrogens with zero attached hydrogens (tertiary/aromatic N) is 1. The van der Waals surface area contributed by atoms with Gasteiger partial charge in [0.25, 0.3) is 0 Å². The molecule has 1 N–H and O–H groups in total. The van der Waals surface area contributed by atoms with E-state index in [2.05, 4.69) is 5.32 Å². The summed E-state index contributed by atoms with van der Waals surface area (Å²) in [5.41, 5.74) is 0.278. The number of benzene rings is 1. The molecule has 1 aromatic rings. The van der Waals surface area contributed by atoms with Crippen molar-refractivity contribution in [1.29, 1.82) is 0 Å². The van der Waals surface area contributed by atoms with E-state index < -0.39 is 15.8 Å². The third-order valence-corrected chi connectivity index (χ3v) is 5.69. The van der Waals surface area contributed by atoms with Crippen molar-refractivity contribution in [2.75, 3.05) is 19.6 Å². The molecule has 118 valence electrons. The van der Waals surface area contributed by atoms with Gasteiger partial charge in [-0.2, -0.15) is 4.31 Å². The van der Waals surface area contributed by atoms with Crippen molar-refractivity contribution in [3.63, 3.8) is 0 Å². The molecular weight excluding hydrogens is 315 g/mol. The van der Waals surface area contributed by atoms with E-state index in [1.807, 2.05) is 6.92 Å². The number of rotatable bonds is 5. The molecule has 0 amide bonds. The number of hydrogen-bond acceptors (Lipinski definition) is 3. The monoisotopic (exact) mass is 334 g/mol. The van der Waals surface area contributed by atoms with Gasteiger partial charge in [0.2, 0.25) is 10.0 Å². The number of nitrogens with one attached hydrogen (secondary N) is 1. The third-order valence-electron chi connectivity index (χ3n) is 3.58. The first-order chi connectivity index (χ1) is 9.96. The first-order valence-electron chi connectivity index (χ1n) is 7.15. The lowest BCUT2D eigenvalue weighted by Crippen LogP contribution is -2.36. The van der Waals surface area contributed by atoms with Gasteiger partial charge in [-0.25, -0.2) is 12.8 Å². The van der Waals surface area contributed by atoms with Crippen LogP contribution in [0.3, 0.4) is 0 Å². The van der Waals surface area contributed by atoms with Gasteiger partial charge in [0.05, 0.1) is 0 Å². The average molecular weight is 335 g/mol. The summed E-state index contributed by atoms with van der Waals surface area (Å²) in [7, 11) is -3.82.